The first kappa shape index (κ1) is 18.8. The molecule has 3 rings (SSSR count). The minimum Gasteiger partial charge on any atom is -0.462 e. The first-order valence-corrected chi connectivity index (χ1v) is 11.7. The first-order valence-electron chi connectivity index (χ1n) is 8.59. The van der Waals surface area contributed by atoms with Gasteiger partial charge < -0.3 is 9.76 Å². The number of allylic oxidation sites excluding steroid dienone is 2. The third-order valence-electron chi connectivity index (χ3n) is 4.95. The average Bonchev–Trinajstić information content (AvgIpc) is 3.13. The van der Waals surface area contributed by atoms with E-state index in [1.165, 1.54) is 12.8 Å². The van der Waals surface area contributed by atoms with Gasteiger partial charge in [-0.3, -0.25) is 9.59 Å². The third kappa shape index (κ3) is 5.00. The van der Waals surface area contributed by atoms with Crippen LogP contribution in [0.2, 0.25) is 0 Å². The number of hydrogen-bond donors (Lipinski definition) is 1. The molecular weight excluding hydrogens is 353 g/mol. The normalized spacial score (nSPS) is 29.1. The van der Waals surface area contributed by atoms with Gasteiger partial charge in [0.05, 0.1) is 6.42 Å². The molecule has 2 fully saturated rings. The molecule has 1 radical (unpaired) electrons. The number of hydrogen-bond acceptors (Lipinski definition) is 4. The average molecular weight is 375 g/mol. The summed E-state index contributed by atoms with van der Waals surface area (Å²) in [5.74, 6) is 0.382. The number of fused-ring (bicyclic) bond motifs is 1. The van der Waals surface area contributed by atoms with E-state index < -0.39 is 0 Å². The Bertz CT molecular complexity index is 637. The Morgan fingerprint density at radius 2 is 2.16 bits per heavy atom. The van der Waals surface area contributed by atoms with Crippen LogP contribution >= 0.6 is 16.4 Å². The molecule has 25 heavy (non-hydrogen) atoms. The fraction of sp³-hybridized carbons (Fsp3) is 0.444. The van der Waals surface area contributed by atoms with Crippen molar-refractivity contribution in [3.8, 4) is 0 Å². The highest BCUT2D eigenvalue weighted by atomic mass is 32.0. The van der Waals surface area contributed by atoms with Crippen molar-refractivity contribution in [1.29, 1.82) is 0 Å². The Kier molecular flexibility index (Phi) is 6.81. The van der Waals surface area contributed by atoms with Gasteiger partial charge in [-0.15, -0.1) is 16.4 Å². The molecule has 1 saturated carbocycles. The summed E-state index contributed by atoms with van der Waals surface area (Å²) in [6.07, 6.45) is 6.22. The van der Waals surface area contributed by atoms with E-state index in [9.17, 15) is 9.59 Å². The van der Waals surface area contributed by atoms with Crippen LogP contribution in [0.3, 0.4) is 0 Å². The van der Waals surface area contributed by atoms with E-state index >= 15 is 0 Å². The van der Waals surface area contributed by atoms with Gasteiger partial charge in [0.2, 0.25) is 0 Å². The standard InChI is InChI=1S/C18H22BO4P2/c20-13(7-6-12-4-2-1-3-5-12)8-9-14-15-10-18(21)23-16(15)11-17(14)24-25-19-22/h1-5,8-9,14-17,22,24-25H,6-7,10-11H2/b9-8+/t14-,15-,16+,17-/m1/s1. The number of carbonyl (C=O) groups excluding carboxylic acids is 2. The lowest BCUT2D eigenvalue weighted by atomic mass is 9.92. The molecule has 1 aliphatic carbocycles. The highest BCUT2D eigenvalue weighted by Gasteiger charge is 2.48. The Labute approximate surface area is 152 Å². The molecule has 0 spiro atoms. The van der Waals surface area contributed by atoms with E-state index in [-0.39, 0.29) is 29.7 Å². The van der Waals surface area contributed by atoms with Crippen molar-refractivity contribution >= 4 is 35.4 Å². The molecule has 1 saturated heterocycles. The number of benzene rings is 1. The lowest BCUT2D eigenvalue weighted by Gasteiger charge is -2.19. The second-order valence-corrected chi connectivity index (χ2v) is 9.85. The molecule has 1 aromatic carbocycles. The smallest absolute Gasteiger partial charge is 0.322 e. The summed E-state index contributed by atoms with van der Waals surface area (Å²) in [7, 11) is 2.26. The maximum absolute atomic E-state index is 12.2. The zero-order valence-electron chi connectivity index (χ0n) is 13.9. The zero-order chi connectivity index (χ0) is 17.6. The molecule has 1 aromatic rings. The van der Waals surface area contributed by atoms with Gasteiger partial charge in [-0.2, -0.15) is 0 Å². The molecule has 1 aliphatic heterocycles. The van der Waals surface area contributed by atoms with E-state index in [0.717, 1.165) is 12.8 Å². The highest BCUT2D eigenvalue weighted by Crippen LogP contribution is 2.54. The predicted molar refractivity (Wildman–Crippen MR) is 103 cm³/mol. The largest absolute Gasteiger partial charge is 0.462 e. The van der Waals surface area contributed by atoms with Gasteiger partial charge >= 0.3 is 13.2 Å². The Morgan fingerprint density at radius 1 is 1.36 bits per heavy atom. The van der Waals surface area contributed by atoms with Crippen LogP contribution in [0.1, 0.15) is 24.8 Å². The lowest BCUT2D eigenvalue weighted by Crippen LogP contribution is -2.15. The quantitative estimate of drug-likeness (QED) is 0.329. The maximum Gasteiger partial charge on any atom is 0.322 e. The van der Waals surface area contributed by atoms with Crippen molar-refractivity contribution in [2.24, 2.45) is 11.8 Å². The van der Waals surface area contributed by atoms with Crippen molar-refractivity contribution in [2.75, 3.05) is 0 Å². The van der Waals surface area contributed by atoms with Crippen molar-refractivity contribution < 1.29 is 19.3 Å². The van der Waals surface area contributed by atoms with Crippen LogP contribution in [-0.2, 0) is 20.7 Å². The molecule has 2 unspecified atom stereocenters. The minimum atomic E-state index is -0.123. The monoisotopic (exact) mass is 375 g/mol. The van der Waals surface area contributed by atoms with Crippen molar-refractivity contribution in [3.05, 3.63) is 48.0 Å². The molecule has 0 bridgehead atoms. The van der Waals surface area contributed by atoms with Gasteiger partial charge in [-0.25, -0.2) is 0 Å². The van der Waals surface area contributed by atoms with Gasteiger partial charge in [-0.1, -0.05) is 36.4 Å². The van der Waals surface area contributed by atoms with Crippen LogP contribution in [0.5, 0.6) is 0 Å². The van der Waals surface area contributed by atoms with Crippen LogP contribution in [0.25, 0.3) is 0 Å². The maximum atomic E-state index is 12.2. The van der Waals surface area contributed by atoms with Crippen molar-refractivity contribution in [1.82, 2.24) is 0 Å². The first-order chi connectivity index (χ1) is 12.2. The summed E-state index contributed by atoms with van der Waals surface area (Å²) < 4.78 is 5.41. The van der Waals surface area contributed by atoms with E-state index in [1.54, 1.807) is 6.08 Å². The van der Waals surface area contributed by atoms with Crippen molar-refractivity contribution in [3.63, 3.8) is 0 Å². The van der Waals surface area contributed by atoms with Crippen LogP contribution < -0.4 is 0 Å². The molecule has 1 N–H and O–H groups in total. The fourth-order valence-electron chi connectivity index (χ4n) is 3.73. The topological polar surface area (TPSA) is 63.6 Å². The van der Waals surface area contributed by atoms with Gasteiger partial charge in [0, 0.05) is 12.3 Å². The molecule has 1 heterocycles. The predicted octanol–water partition coefficient (Wildman–Crippen LogP) is 2.86. The highest BCUT2D eigenvalue weighted by molar-refractivity contribution is 8.24. The number of carbonyl (C=O) groups is 2. The third-order valence-corrected chi connectivity index (χ3v) is 8.24. The molecule has 2 aliphatic rings. The summed E-state index contributed by atoms with van der Waals surface area (Å²) in [5.41, 5.74) is 1.56. The number of rotatable bonds is 8. The second kappa shape index (κ2) is 9.08. The number of esters is 1. The SMILES string of the molecule is O=C(/C=C/[C@@H]1[C@H]2CC(=O)O[C@H]2C[C@H]1PP[B]O)CCc1ccccc1. The summed E-state index contributed by atoms with van der Waals surface area (Å²) >= 11 is 0. The van der Waals surface area contributed by atoms with Gasteiger partial charge in [0.1, 0.15) is 6.10 Å². The molecule has 0 amide bonds. The molecule has 131 valence electrons. The summed E-state index contributed by atoms with van der Waals surface area (Å²) in [6.45, 7) is 0. The van der Waals surface area contributed by atoms with Crippen LogP contribution in [0.15, 0.2) is 42.5 Å². The van der Waals surface area contributed by atoms with E-state index in [2.05, 4.69) is 0 Å². The van der Waals surface area contributed by atoms with Gasteiger partial charge in [-0.05, 0) is 36.1 Å². The van der Waals surface area contributed by atoms with Crippen LogP contribution in [-0.4, -0.2) is 35.7 Å². The Morgan fingerprint density at radius 3 is 2.92 bits per heavy atom. The fourth-order valence-corrected chi connectivity index (χ4v) is 6.72. The summed E-state index contributed by atoms with van der Waals surface area (Å²) in [6, 6.07) is 10.00. The van der Waals surface area contributed by atoms with E-state index in [1.807, 2.05) is 36.4 Å². The zero-order valence-corrected chi connectivity index (χ0v) is 15.9. The van der Waals surface area contributed by atoms with Crippen LogP contribution in [0, 0.1) is 11.8 Å². The Hall–Kier alpha value is -1.02. The molecule has 6 atom stereocenters. The van der Waals surface area contributed by atoms with E-state index in [4.69, 9.17) is 9.76 Å². The molecule has 0 aromatic heterocycles. The van der Waals surface area contributed by atoms with Crippen molar-refractivity contribution in [2.45, 2.75) is 37.4 Å². The number of aryl methyl sites for hydroxylation is 1. The second-order valence-electron chi connectivity index (χ2n) is 6.54. The molecular formula is C18H22BO4P2. The van der Waals surface area contributed by atoms with Crippen LogP contribution in [0.4, 0.5) is 0 Å². The lowest BCUT2D eigenvalue weighted by molar-refractivity contribution is -0.141. The Balaban J connectivity index is 1.58. The van der Waals surface area contributed by atoms with E-state index in [0.29, 0.717) is 34.9 Å². The number of ether oxygens (including phenoxy) is 1. The minimum absolute atomic E-state index is 0.0115. The summed E-state index contributed by atoms with van der Waals surface area (Å²) in [4.78, 5) is 23.8. The molecule has 7 heteroatoms. The molecule has 4 nitrogen and oxygen atoms in total. The number of ketones is 1. The summed E-state index contributed by atoms with van der Waals surface area (Å²) in [5, 5.41) is 8.99. The van der Waals surface area contributed by atoms with Gasteiger partial charge in [0.15, 0.2) is 5.78 Å². The van der Waals surface area contributed by atoms with Gasteiger partial charge in [0.25, 0.3) is 0 Å².